The van der Waals surface area contributed by atoms with E-state index in [0.717, 1.165) is 35.2 Å². The zero-order valence-corrected chi connectivity index (χ0v) is 15.7. The number of aryl methyl sites for hydroxylation is 3. The molecule has 1 aliphatic carbocycles. The SMILES string of the molecule is Cc1cc(C)c(NC(=O)[C@H](C)[NH+]2CC[C@@H]3CCCC[C@@H]3C2)c(C)c1. The van der Waals surface area contributed by atoms with Gasteiger partial charge in [-0.05, 0) is 64.0 Å². The lowest BCUT2D eigenvalue weighted by Crippen LogP contribution is -3.18. The van der Waals surface area contributed by atoms with E-state index in [1.54, 1.807) is 0 Å². The number of anilines is 1. The van der Waals surface area contributed by atoms with E-state index >= 15 is 0 Å². The Morgan fingerprint density at radius 3 is 2.38 bits per heavy atom. The van der Waals surface area contributed by atoms with Gasteiger partial charge in [-0.2, -0.15) is 0 Å². The number of benzene rings is 1. The summed E-state index contributed by atoms with van der Waals surface area (Å²) in [5.74, 6) is 1.95. The van der Waals surface area contributed by atoms with Crippen molar-refractivity contribution in [2.24, 2.45) is 11.8 Å². The number of carbonyl (C=O) groups is 1. The Hall–Kier alpha value is -1.35. The summed E-state index contributed by atoms with van der Waals surface area (Å²) in [4.78, 5) is 14.3. The summed E-state index contributed by atoms with van der Waals surface area (Å²) < 4.78 is 0. The standard InChI is InChI=1S/C21H32N2O/c1-14-11-15(2)20(16(3)12-14)22-21(24)17(4)23-10-9-18-7-5-6-8-19(18)13-23/h11-12,17-19H,5-10,13H2,1-4H3,(H,22,24)/p+1/t17-,18-,19+/m0/s1. The number of hydrogen-bond acceptors (Lipinski definition) is 1. The van der Waals surface area contributed by atoms with Gasteiger partial charge >= 0.3 is 0 Å². The van der Waals surface area contributed by atoms with Crippen LogP contribution in [0.5, 0.6) is 0 Å². The Balaban J connectivity index is 1.65. The first-order valence-electron chi connectivity index (χ1n) is 9.69. The lowest BCUT2D eigenvalue weighted by Gasteiger charge is -2.40. The first kappa shape index (κ1) is 17.5. The molecule has 1 heterocycles. The van der Waals surface area contributed by atoms with Crippen LogP contribution >= 0.6 is 0 Å². The van der Waals surface area contributed by atoms with Gasteiger partial charge in [-0.3, -0.25) is 4.79 Å². The summed E-state index contributed by atoms with van der Waals surface area (Å²) in [6.07, 6.45) is 6.90. The van der Waals surface area contributed by atoms with E-state index < -0.39 is 0 Å². The van der Waals surface area contributed by atoms with E-state index in [1.807, 2.05) is 0 Å². The van der Waals surface area contributed by atoms with Crippen molar-refractivity contribution >= 4 is 11.6 Å². The minimum atomic E-state index is 0.0352. The van der Waals surface area contributed by atoms with Gasteiger partial charge in [-0.1, -0.05) is 30.5 Å². The third kappa shape index (κ3) is 3.66. The zero-order chi connectivity index (χ0) is 17.3. The van der Waals surface area contributed by atoms with Gasteiger partial charge in [0.15, 0.2) is 6.04 Å². The van der Waals surface area contributed by atoms with Crippen molar-refractivity contribution in [2.75, 3.05) is 18.4 Å². The van der Waals surface area contributed by atoms with E-state index in [1.165, 1.54) is 49.1 Å². The molecule has 1 amide bonds. The number of likely N-dealkylation sites (tertiary alicyclic amines) is 1. The van der Waals surface area contributed by atoms with Crippen LogP contribution in [0.3, 0.4) is 0 Å². The largest absolute Gasteiger partial charge is 0.325 e. The summed E-state index contributed by atoms with van der Waals surface area (Å²) in [7, 11) is 0. The molecule has 2 aliphatic rings. The highest BCUT2D eigenvalue weighted by atomic mass is 16.2. The molecule has 2 N–H and O–H groups in total. The quantitative estimate of drug-likeness (QED) is 0.878. The average molecular weight is 330 g/mol. The molecule has 0 bridgehead atoms. The number of rotatable bonds is 3. The third-order valence-corrected chi connectivity index (χ3v) is 6.36. The number of hydrogen-bond donors (Lipinski definition) is 2. The normalized spacial score (nSPS) is 28.1. The minimum Gasteiger partial charge on any atom is -0.325 e. The topological polar surface area (TPSA) is 33.5 Å². The monoisotopic (exact) mass is 329 g/mol. The Labute approximate surface area is 146 Å². The number of nitrogens with one attached hydrogen (secondary N) is 2. The molecule has 1 aliphatic heterocycles. The van der Waals surface area contributed by atoms with Crippen molar-refractivity contribution in [3.63, 3.8) is 0 Å². The van der Waals surface area contributed by atoms with Crippen LogP contribution in [0.15, 0.2) is 12.1 Å². The highest BCUT2D eigenvalue weighted by Crippen LogP contribution is 2.32. The fourth-order valence-electron chi connectivity index (χ4n) is 4.93. The first-order chi connectivity index (χ1) is 11.5. The Morgan fingerprint density at radius 1 is 1.08 bits per heavy atom. The van der Waals surface area contributed by atoms with Crippen LogP contribution in [0.2, 0.25) is 0 Å². The van der Waals surface area contributed by atoms with Crippen molar-refractivity contribution in [2.45, 2.75) is 65.8 Å². The van der Waals surface area contributed by atoms with Crippen molar-refractivity contribution in [1.29, 1.82) is 0 Å². The number of piperidine rings is 1. The van der Waals surface area contributed by atoms with Gasteiger partial charge in [-0.25, -0.2) is 0 Å². The summed E-state index contributed by atoms with van der Waals surface area (Å²) in [6, 6.07) is 4.33. The number of fused-ring (bicyclic) bond motifs is 1. The van der Waals surface area contributed by atoms with Gasteiger partial charge in [0.05, 0.1) is 13.1 Å². The number of carbonyl (C=O) groups excluding carboxylic acids is 1. The van der Waals surface area contributed by atoms with Gasteiger partial charge < -0.3 is 10.2 Å². The second kappa shape index (κ2) is 7.26. The van der Waals surface area contributed by atoms with Crippen molar-refractivity contribution in [3.05, 3.63) is 28.8 Å². The van der Waals surface area contributed by atoms with Crippen LogP contribution in [-0.2, 0) is 4.79 Å². The van der Waals surface area contributed by atoms with Crippen molar-refractivity contribution in [3.8, 4) is 0 Å². The molecule has 4 atom stereocenters. The minimum absolute atomic E-state index is 0.0352. The fourth-order valence-corrected chi connectivity index (χ4v) is 4.93. The van der Waals surface area contributed by atoms with Crippen LogP contribution in [0.1, 0.15) is 55.7 Å². The van der Waals surface area contributed by atoms with Crippen LogP contribution in [0.4, 0.5) is 5.69 Å². The van der Waals surface area contributed by atoms with E-state index in [9.17, 15) is 4.79 Å². The molecule has 1 saturated heterocycles. The zero-order valence-electron chi connectivity index (χ0n) is 15.7. The summed E-state index contributed by atoms with van der Waals surface area (Å²) >= 11 is 0. The maximum atomic E-state index is 12.8. The van der Waals surface area contributed by atoms with E-state index in [-0.39, 0.29) is 11.9 Å². The van der Waals surface area contributed by atoms with Crippen molar-refractivity contribution in [1.82, 2.24) is 0 Å². The molecule has 1 aromatic carbocycles. The Morgan fingerprint density at radius 2 is 1.71 bits per heavy atom. The molecule has 0 aromatic heterocycles. The van der Waals surface area contributed by atoms with Crippen LogP contribution in [0, 0.1) is 32.6 Å². The van der Waals surface area contributed by atoms with Gasteiger partial charge in [0.25, 0.3) is 5.91 Å². The molecule has 3 heteroatoms. The molecule has 1 saturated carbocycles. The summed E-state index contributed by atoms with van der Waals surface area (Å²) in [5, 5.41) is 3.22. The molecule has 3 rings (SSSR count). The third-order valence-electron chi connectivity index (χ3n) is 6.36. The molecule has 132 valence electrons. The first-order valence-corrected chi connectivity index (χ1v) is 9.69. The maximum Gasteiger partial charge on any atom is 0.282 e. The van der Waals surface area contributed by atoms with Gasteiger partial charge in [-0.15, -0.1) is 0 Å². The average Bonchev–Trinajstić information content (AvgIpc) is 2.56. The summed E-state index contributed by atoms with van der Waals surface area (Å²) in [6.45, 7) is 10.7. The van der Waals surface area contributed by atoms with E-state index in [0.29, 0.717) is 0 Å². The summed E-state index contributed by atoms with van der Waals surface area (Å²) in [5.41, 5.74) is 4.58. The van der Waals surface area contributed by atoms with Crippen LogP contribution in [0.25, 0.3) is 0 Å². The molecular formula is C21H33N2O+. The van der Waals surface area contributed by atoms with Gasteiger partial charge in [0.2, 0.25) is 0 Å². The molecule has 1 aromatic rings. The molecule has 3 nitrogen and oxygen atoms in total. The molecule has 0 radical (unpaired) electrons. The highest BCUT2D eigenvalue weighted by molar-refractivity contribution is 5.95. The lowest BCUT2D eigenvalue weighted by atomic mass is 9.75. The number of quaternary nitrogens is 1. The van der Waals surface area contributed by atoms with Gasteiger partial charge in [0.1, 0.15) is 0 Å². The molecule has 24 heavy (non-hydrogen) atoms. The second-order valence-corrected chi connectivity index (χ2v) is 8.19. The van der Waals surface area contributed by atoms with Gasteiger partial charge in [0, 0.05) is 11.6 Å². The molecule has 1 unspecified atom stereocenters. The predicted molar refractivity (Wildman–Crippen MR) is 99.5 cm³/mol. The smallest absolute Gasteiger partial charge is 0.282 e. The maximum absolute atomic E-state index is 12.8. The highest BCUT2D eigenvalue weighted by Gasteiger charge is 2.37. The lowest BCUT2D eigenvalue weighted by molar-refractivity contribution is -0.924. The Kier molecular flexibility index (Phi) is 5.29. The molecular weight excluding hydrogens is 296 g/mol. The molecule has 2 fully saturated rings. The van der Waals surface area contributed by atoms with Crippen LogP contribution in [-0.4, -0.2) is 25.0 Å². The second-order valence-electron chi connectivity index (χ2n) is 8.19. The number of amides is 1. The van der Waals surface area contributed by atoms with E-state index in [2.05, 4.69) is 45.1 Å². The fraction of sp³-hybridized carbons (Fsp3) is 0.667. The molecule has 0 spiro atoms. The Bertz CT molecular complexity index is 587. The van der Waals surface area contributed by atoms with Crippen LogP contribution < -0.4 is 10.2 Å². The van der Waals surface area contributed by atoms with Crippen molar-refractivity contribution < 1.29 is 9.69 Å². The van der Waals surface area contributed by atoms with E-state index in [4.69, 9.17) is 0 Å². The predicted octanol–water partition coefficient (Wildman–Crippen LogP) is 3.03.